The highest BCUT2D eigenvalue weighted by Crippen LogP contribution is 2.43. The zero-order chi connectivity index (χ0) is 20.0. The molecule has 4 aliphatic heterocycles. The van der Waals surface area contributed by atoms with E-state index in [2.05, 4.69) is 40.1 Å². The molecule has 1 amide bonds. The Morgan fingerprint density at radius 2 is 1.69 bits per heavy atom. The van der Waals surface area contributed by atoms with Gasteiger partial charge in [-0.25, -0.2) is 8.42 Å². The second kappa shape index (κ2) is 7.69. The van der Waals surface area contributed by atoms with Gasteiger partial charge in [-0.2, -0.15) is 0 Å². The highest BCUT2D eigenvalue weighted by molar-refractivity contribution is 7.91. The van der Waals surface area contributed by atoms with Crippen molar-refractivity contribution in [3.8, 4) is 0 Å². The standard InChI is InChI=1S/C23H32N2O3S/c26-23-8-4-7-21-18-14-19(22(25(21)23)13-17-5-2-1-3-6-17)16-24(15-18)20-9-11-29(27,28)12-10-20/h1-3,5-6,18-22H,4,7-16H2/t18-,19+,21+,22+/m1/s1. The van der Waals surface area contributed by atoms with Crippen LogP contribution in [0.1, 0.15) is 44.1 Å². The number of rotatable bonds is 3. The first-order valence-corrected chi connectivity index (χ1v) is 13.1. The quantitative estimate of drug-likeness (QED) is 0.760. The molecule has 29 heavy (non-hydrogen) atoms. The van der Waals surface area contributed by atoms with Crippen molar-refractivity contribution in [3.05, 3.63) is 35.9 Å². The molecule has 4 saturated heterocycles. The lowest BCUT2D eigenvalue weighted by Crippen LogP contribution is -2.66. The van der Waals surface area contributed by atoms with Crippen LogP contribution < -0.4 is 0 Å². The first kappa shape index (κ1) is 19.6. The van der Waals surface area contributed by atoms with Crippen LogP contribution in [0, 0.1) is 11.8 Å². The van der Waals surface area contributed by atoms with E-state index in [1.165, 1.54) is 12.0 Å². The van der Waals surface area contributed by atoms with E-state index in [9.17, 15) is 13.2 Å². The maximum atomic E-state index is 13.0. The Morgan fingerprint density at radius 3 is 2.45 bits per heavy atom. The molecule has 0 saturated carbocycles. The summed E-state index contributed by atoms with van der Waals surface area (Å²) in [7, 11) is -2.83. The smallest absolute Gasteiger partial charge is 0.223 e. The van der Waals surface area contributed by atoms with Crippen LogP contribution in [0.3, 0.4) is 0 Å². The Hall–Kier alpha value is -1.40. The third kappa shape index (κ3) is 3.86. The van der Waals surface area contributed by atoms with Gasteiger partial charge in [0.25, 0.3) is 0 Å². The summed E-state index contributed by atoms with van der Waals surface area (Å²) in [5.41, 5.74) is 1.31. The van der Waals surface area contributed by atoms with Gasteiger partial charge in [0, 0.05) is 37.6 Å². The summed E-state index contributed by atoms with van der Waals surface area (Å²) < 4.78 is 23.8. The van der Waals surface area contributed by atoms with E-state index in [4.69, 9.17) is 0 Å². The van der Waals surface area contributed by atoms with Gasteiger partial charge in [-0.3, -0.25) is 9.69 Å². The lowest BCUT2D eigenvalue weighted by Gasteiger charge is -2.58. The molecular weight excluding hydrogens is 384 g/mol. The normalized spacial score (nSPS) is 35.3. The molecule has 5 rings (SSSR count). The van der Waals surface area contributed by atoms with E-state index in [0.29, 0.717) is 47.8 Å². The summed E-state index contributed by atoms with van der Waals surface area (Å²) in [6, 6.07) is 11.6. The highest BCUT2D eigenvalue weighted by Gasteiger charge is 2.50. The molecule has 4 atom stereocenters. The number of sulfone groups is 1. The van der Waals surface area contributed by atoms with Gasteiger partial charge < -0.3 is 4.90 Å². The second-order valence-electron chi connectivity index (χ2n) is 9.61. The minimum Gasteiger partial charge on any atom is -0.336 e. The summed E-state index contributed by atoms with van der Waals surface area (Å²) in [5, 5.41) is 0. The number of hydrogen-bond acceptors (Lipinski definition) is 4. The number of fused-ring (bicyclic) bond motifs is 4. The van der Waals surface area contributed by atoms with Crippen molar-refractivity contribution in [2.24, 2.45) is 11.8 Å². The number of benzene rings is 1. The lowest BCUT2D eigenvalue weighted by molar-refractivity contribution is -0.153. The molecule has 4 aliphatic rings. The number of carbonyl (C=O) groups excluding carboxylic acids is 1. The van der Waals surface area contributed by atoms with E-state index in [1.807, 2.05) is 0 Å². The molecule has 0 unspecified atom stereocenters. The Balaban J connectivity index is 1.39. The minimum atomic E-state index is -2.83. The third-order valence-electron chi connectivity index (χ3n) is 7.85. The van der Waals surface area contributed by atoms with Gasteiger partial charge >= 0.3 is 0 Å². The molecule has 6 heteroatoms. The summed E-state index contributed by atoms with van der Waals surface area (Å²) in [4.78, 5) is 17.8. The molecule has 0 aliphatic carbocycles. The van der Waals surface area contributed by atoms with Crippen LogP contribution in [0.25, 0.3) is 0 Å². The van der Waals surface area contributed by atoms with Crippen molar-refractivity contribution >= 4 is 15.7 Å². The van der Waals surface area contributed by atoms with Crippen LogP contribution in [0.15, 0.2) is 30.3 Å². The molecule has 0 radical (unpaired) electrons. The molecule has 0 N–H and O–H groups in total. The van der Waals surface area contributed by atoms with Gasteiger partial charge in [0.1, 0.15) is 9.84 Å². The molecule has 4 fully saturated rings. The Labute approximate surface area is 174 Å². The fourth-order valence-corrected chi connectivity index (χ4v) is 7.94. The fraction of sp³-hybridized carbons (Fsp3) is 0.696. The molecule has 0 spiro atoms. The predicted octanol–water partition coefficient (Wildman–Crippen LogP) is 2.51. The molecule has 1 aromatic carbocycles. The summed E-state index contributed by atoms with van der Waals surface area (Å²) in [6.45, 7) is 2.04. The summed E-state index contributed by atoms with van der Waals surface area (Å²) in [6.07, 6.45) is 6.55. The van der Waals surface area contributed by atoms with Gasteiger partial charge in [0.05, 0.1) is 11.5 Å². The lowest BCUT2D eigenvalue weighted by atomic mass is 9.70. The topological polar surface area (TPSA) is 57.7 Å². The Kier molecular flexibility index (Phi) is 5.19. The molecule has 158 valence electrons. The third-order valence-corrected chi connectivity index (χ3v) is 9.57. The number of nitrogens with zero attached hydrogens (tertiary/aromatic N) is 2. The zero-order valence-electron chi connectivity index (χ0n) is 17.1. The molecule has 2 bridgehead atoms. The summed E-state index contributed by atoms with van der Waals surface area (Å²) >= 11 is 0. The predicted molar refractivity (Wildman–Crippen MR) is 113 cm³/mol. The van der Waals surface area contributed by atoms with Crippen LogP contribution in [0.4, 0.5) is 0 Å². The molecule has 5 nitrogen and oxygen atoms in total. The van der Waals surface area contributed by atoms with Gasteiger partial charge in [-0.15, -0.1) is 0 Å². The van der Waals surface area contributed by atoms with Crippen molar-refractivity contribution in [3.63, 3.8) is 0 Å². The van der Waals surface area contributed by atoms with Crippen LogP contribution >= 0.6 is 0 Å². The van der Waals surface area contributed by atoms with Crippen LogP contribution in [0.5, 0.6) is 0 Å². The van der Waals surface area contributed by atoms with E-state index in [-0.39, 0.29) is 6.04 Å². The van der Waals surface area contributed by atoms with Crippen LogP contribution in [0.2, 0.25) is 0 Å². The summed E-state index contributed by atoms with van der Waals surface area (Å²) in [5.74, 6) is 2.07. The van der Waals surface area contributed by atoms with E-state index < -0.39 is 9.84 Å². The maximum absolute atomic E-state index is 13.0. The number of piperidine rings is 3. The molecule has 4 heterocycles. The second-order valence-corrected chi connectivity index (χ2v) is 11.9. The molecule has 1 aromatic rings. The first-order valence-electron chi connectivity index (χ1n) is 11.3. The van der Waals surface area contributed by atoms with Gasteiger partial charge in [-0.1, -0.05) is 30.3 Å². The maximum Gasteiger partial charge on any atom is 0.223 e. The zero-order valence-corrected chi connectivity index (χ0v) is 17.9. The number of hydrogen-bond donors (Lipinski definition) is 0. The highest BCUT2D eigenvalue weighted by atomic mass is 32.2. The van der Waals surface area contributed by atoms with Gasteiger partial charge in [0.15, 0.2) is 0 Å². The molecule has 0 aromatic heterocycles. The largest absolute Gasteiger partial charge is 0.336 e. The van der Waals surface area contributed by atoms with E-state index in [0.717, 1.165) is 45.2 Å². The average Bonchev–Trinajstić information content (AvgIpc) is 2.72. The number of amides is 1. The van der Waals surface area contributed by atoms with Gasteiger partial charge in [0.2, 0.25) is 5.91 Å². The van der Waals surface area contributed by atoms with Crippen LogP contribution in [-0.4, -0.2) is 66.8 Å². The van der Waals surface area contributed by atoms with Crippen molar-refractivity contribution in [2.75, 3.05) is 24.6 Å². The monoisotopic (exact) mass is 416 g/mol. The fourth-order valence-electron chi connectivity index (χ4n) is 6.47. The van der Waals surface area contributed by atoms with Crippen molar-refractivity contribution in [1.29, 1.82) is 0 Å². The Morgan fingerprint density at radius 1 is 0.966 bits per heavy atom. The van der Waals surface area contributed by atoms with Crippen molar-refractivity contribution in [2.45, 2.75) is 63.1 Å². The Bertz CT molecular complexity index is 842. The number of carbonyl (C=O) groups is 1. The first-order chi connectivity index (χ1) is 14.0. The van der Waals surface area contributed by atoms with Crippen molar-refractivity contribution < 1.29 is 13.2 Å². The van der Waals surface area contributed by atoms with Gasteiger partial charge in [-0.05, 0) is 55.9 Å². The molecular formula is C23H32N2O3S. The van der Waals surface area contributed by atoms with E-state index >= 15 is 0 Å². The van der Waals surface area contributed by atoms with Crippen molar-refractivity contribution in [1.82, 2.24) is 9.80 Å². The number of likely N-dealkylation sites (tertiary alicyclic amines) is 1. The average molecular weight is 417 g/mol. The van der Waals surface area contributed by atoms with Crippen LogP contribution in [-0.2, 0) is 21.1 Å². The SMILES string of the molecule is O=C1CCC[C@H]2[C@@H]3C[C@@H](CN(C4CCS(=O)(=O)CC4)C3)[C@H](Cc3ccccc3)N12. The minimum absolute atomic E-state index is 0.279. The van der Waals surface area contributed by atoms with E-state index in [1.54, 1.807) is 0 Å².